The highest BCUT2D eigenvalue weighted by Crippen LogP contribution is 1.99. The maximum atomic E-state index is 11.4. The van der Waals surface area contributed by atoms with Crippen molar-refractivity contribution in [3.05, 3.63) is 35.9 Å². The minimum atomic E-state index is -0.136. The van der Waals surface area contributed by atoms with Crippen LogP contribution in [0.5, 0.6) is 0 Å². The number of benzene rings is 1. The van der Waals surface area contributed by atoms with Crippen molar-refractivity contribution in [2.75, 3.05) is 26.4 Å². The van der Waals surface area contributed by atoms with Crippen molar-refractivity contribution in [3.8, 4) is 0 Å². The number of aliphatic hydroxyl groups excluding tert-OH is 1. The minimum Gasteiger partial charge on any atom is -0.396 e. The molecule has 0 saturated heterocycles. The first kappa shape index (κ1) is 14.7. The summed E-state index contributed by atoms with van der Waals surface area (Å²) in [6, 6.07) is 10.0. The van der Waals surface area contributed by atoms with Crippen LogP contribution in [0.15, 0.2) is 30.3 Å². The lowest BCUT2D eigenvalue weighted by atomic mass is 10.2. The molecule has 0 heterocycles. The SMILES string of the molecule is CC(CO)CNC(=O)COCCc1ccccc1. The van der Waals surface area contributed by atoms with Crippen LogP contribution in [-0.2, 0) is 16.0 Å². The van der Waals surface area contributed by atoms with Crippen LogP contribution >= 0.6 is 0 Å². The highest BCUT2D eigenvalue weighted by Gasteiger charge is 2.04. The summed E-state index contributed by atoms with van der Waals surface area (Å²) in [5.74, 6) is -0.0540. The van der Waals surface area contributed by atoms with Crippen LogP contribution in [0.2, 0.25) is 0 Å². The summed E-state index contributed by atoms with van der Waals surface area (Å²) in [6.45, 7) is 3.04. The number of aliphatic hydroxyl groups is 1. The molecule has 4 nitrogen and oxygen atoms in total. The molecule has 4 heteroatoms. The van der Waals surface area contributed by atoms with Crippen LogP contribution in [0.4, 0.5) is 0 Å². The lowest BCUT2D eigenvalue weighted by Crippen LogP contribution is -2.32. The summed E-state index contributed by atoms with van der Waals surface area (Å²) < 4.78 is 5.29. The zero-order chi connectivity index (χ0) is 13.2. The largest absolute Gasteiger partial charge is 0.396 e. The molecule has 100 valence electrons. The molecular weight excluding hydrogens is 230 g/mol. The lowest BCUT2D eigenvalue weighted by Gasteiger charge is -2.09. The van der Waals surface area contributed by atoms with E-state index in [1.54, 1.807) is 0 Å². The number of hydrogen-bond donors (Lipinski definition) is 2. The van der Waals surface area contributed by atoms with Gasteiger partial charge in [-0.3, -0.25) is 4.79 Å². The fourth-order valence-electron chi connectivity index (χ4n) is 1.40. The van der Waals surface area contributed by atoms with E-state index in [0.29, 0.717) is 13.2 Å². The van der Waals surface area contributed by atoms with E-state index in [0.717, 1.165) is 6.42 Å². The number of carbonyl (C=O) groups is 1. The number of rotatable bonds is 8. The molecular formula is C14H21NO3. The van der Waals surface area contributed by atoms with E-state index in [4.69, 9.17) is 9.84 Å². The van der Waals surface area contributed by atoms with Gasteiger partial charge in [-0.2, -0.15) is 0 Å². The first-order valence-corrected chi connectivity index (χ1v) is 6.21. The molecule has 1 aromatic carbocycles. The molecule has 1 unspecified atom stereocenters. The molecule has 1 aromatic rings. The summed E-state index contributed by atoms with van der Waals surface area (Å²) in [7, 11) is 0. The molecule has 0 fully saturated rings. The number of carbonyl (C=O) groups excluding carboxylic acids is 1. The normalized spacial score (nSPS) is 12.1. The maximum absolute atomic E-state index is 11.4. The third-order valence-electron chi connectivity index (χ3n) is 2.57. The number of hydrogen-bond acceptors (Lipinski definition) is 3. The summed E-state index contributed by atoms with van der Waals surface area (Å²) in [5, 5.41) is 11.5. The Morgan fingerprint density at radius 1 is 1.39 bits per heavy atom. The van der Waals surface area contributed by atoms with E-state index in [1.165, 1.54) is 5.56 Å². The molecule has 1 rings (SSSR count). The molecule has 18 heavy (non-hydrogen) atoms. The Bertz CT molecular complexity index is 340. The van der Waals surface area contributed by atoms with Crippen LogP contribution in [0.3, 0.4) is 0 Å². The second-order valence-corrected chi connectivity index (χ2v) is 4.38. The van der Waals surface area contributed by atoms with Crippen LogP contribution in [0.1, 0.15) is 12.5 Å². The third-order valence-corrected chi connectivity index (χ3v) is 2.57. The molecule has 0 radical (unpaired) electrons. The predicted molar refractivity (Wildman–Crippen MR) is 70.2 cm³/mol. The van der Waals surface area contributed by atoms with Gasteiger partial charge in [-0.25, -0.2) is 0 Å². The van der Waals surface area contributed by atoms with Crippen molar-refractivity contribution >= 4 is 5.91 Å². The smallest absolute Gasteiger partial charge is 0.246 e. The summed E-state index contributed by atoms with van der Waals surface area (Å²) in [4.78, 5) is 11.4. The van der Waals surface area contributed by atoms with E-state index < -0.39 is 0 Å². The van der Waals surface area contributed by atoms with Gasteiger partial charge in [0.15, 0.2) is 0 Å². The Balaban J connectivity index is 2.05. The first-order chi connectivity index (χ1) is 8.72. The quantitative estimate of drug-likeness (QED) is 0.677. The van der Waals surface area contributed by atoms with Crippen molar-refractivity contribution in [1.82, 2.24) is 5.32 Å². The first-order valence-electron chi connectivity index (χ1n) is 6.21. The zero-order valence-electron chi connectivity index (χ0n) is 10.8. The molecule has 0 bridgehead atoms. The van der Waals surface area contributed by atoms with Crippen LogP contribution in [0.25, 0.3) is 0 Å². The second kappa shape index (κ2) is 8.66. The summed E-state index contributed by atoms with van der Waals surface area (Å²) >= 11 is 0. The van der Waals surface area contributed by atoms with E-state index in [-0.39, 0.29) is 25.0 Å². The van der Waals surface area contributed by atoms with Gasteiger partial charge in [0, 0.05) is 13.2 Å². The van der Waals surface area contributed by atoms with Crippen LogP contribution in [-0.4, -0.2) is 37.4 Å². The Kier molecular flexibility index (Phi) is 7.06. The van der Waals surface area contributed by atoms with Crippen LogP contribution < -0.4 is 5.32 Å². The highest BCUT2D eigenvalue weighted by molar-refractivity contribution is 5.77. The molecule has 1 atom stereocenters. The average molecular weight is 251 g/mol. The minimum absolute atomic E-state index is 0.0744. The molecule has 0 aliphatic heterocycles. The fraction of sp³-hybridized carbons (Fsp3) is 0.500. The van der Waals surface area contributed by atoms with Crippen molar-refractivity contribution in [1.29, 1.82) is 0 Å². The standard InChI is InChI=1S/C14H21NO3/c1-12(10-16)9-15-14(17)11-18-8-7-13-5-3-2-4-6-13/h2-6,12,16H,7-11H2,1H3,(H,15,17). The van der Waals surface area contributed by atoms with Gasteiger partial charge < -0.3 is 15.2 Å². The van der Waals surface area contributed by atoms with Crippen molar-refractivity contribution in [2.24, 2.45) is 5.92 Å². The molecule has 0 aromatic heterocycles. The van der Waals surface area contributed by atoms with Crippen molar-refractivity contribution in [2.45, 2.75) is 13.3 Å². The van der Waals surface area contributed by atoms with Crippen LogP contribution in [0, 0.1) is 5.92 Å². The third kappa shape index (κ3) is 6.37. The highest BCUT2D eigenvalue weighted by atomic mass is 16.5. The molecule has 1 amide bonds. The lowest BCUT2D eigenvalue weighted by molar-refractivity contribution is -0.125. The Hall–Kier alpha value is -1.39. The van der Waals surface area contributed by atoms with Gasteiger partial charge in [0.2, 0.25) is 5.91 Å². The van der Waals surface area contributed by atoms with Gasteiger partial charge in [0.05, 0.1) is 6.61 Å². The van der Waals surface area contributed by atoms with Gasteiger partial charge in [-0.1, -0.05) is 37.3 Å². The summed E-state index contributed by atoms with van der Waals surface area (Å²) in [5.41, 5.74) is 1.20. The molecule has 2 N–H and O–H groups in total. The van der Waals surface area contributed by atoms with E-state index in [9.17, 15) is 4.79 Å². The molecule has 0 saturated carbocycles. The van der Waals surface area contributed by atoms with Crippen molar-refractivity contribution in [3.63, 3.8) is 0 Å². The molecule has 0 aliphatic rings. The average Bonchev–Trinajstić information content (AvgIpc) is 2.42. The fourth-order valence-corrected chi connectivity index (χ4v) is 1.40. The van der Waals surface area contributed by atoms with Gasteiger partial charge >= 0.3 is 0 Å². The van der Waals surface area contributed by atoms with Crippen molar-refractivity contribution < 1.29 is 14.6 Å². The summed E-state index contributed by atoms with van der Waals surface area (Å²) in [6.07, 6.45) is 0.807. The second-order valence-electron chi connectivity index (χ2n) is 4.38. The Morgan fingerprint density at radius 3 is 2.78 bits per heavy atom. The molecule has 0 spiro atoms. The van der Waals surface area contributed by atoms with E-state index >= 15 is 0 Å². The van der Waals surface area contributed by atoms with Gasteiger partial charge in [0.25, 0.3) is 0 Å². The Morgan fingerprint density at radius 2 is 2.11 bits per heavy atom. The van der Waals surface area contributed by atoms with Gasteiger partial charge in [-0.05, 0) is 17.9 Å². The predicted octanol–water partition coefficient (Wildman–Crippen LogP) is 0.990. The number of amides is 1. The maximum Gasteiger partial charge on any atom is 0.246 e. The number of nitrogens with one attached hydrogen (secondary N) is 1. The molecule has 0 aliphatic carbocycles. The Labute approximate surface area is 108 Å². The van der Waals surface area contributed by atoms with Gasteiger partial charge in [-0.15, -0.1) is 0 Å². The monoisotopic (exact) mass is 251 g/mol. The zero-order valence-corrected chi connectivity index (χ0v) is 10.8. The van der Waals surface area contributed by atoms with E-state index in [2.05, 4.69) is 5.32 Å². The van der Waals surface area contributed by atoms with E-state index in [1.807, 2.05) is 37.3 Å². The number of ether oxygens (including phenoxy) is 1. The van der Waals surface area contributed by atoms with Gasteiger partial charge in [0.1, 0.15) is 6.61 Å². The topological polar surface area (TPSA) is 58.6 Å².